The number of hydrogen-bond acceptors (Lipinski definition) is 4. The van der Waals surface area contributed by atoms with E-state index in [1.165, 1.54) is 12.7 Å². The predicted octanol–water partition coefficient (Wildman–Crippen LogP) is 1.57. The molecule has 1 N–H and O–H groups in total. The van der Waals surface area contributed by atoms with Crippen molar-refractivity contribution >= 4 is 11.7 Å². The lowest BCUT2D eigenvalue weighted by molar-refractivity contribution is 0.0600. The normalized spacial score (nSPS) is 18.4. The van der Waals surface area contributed by atoms with Gasteiger partial charge in [-0.3, -0.25) is 0 Å². The van der Waals surface area contributed by atoms with Gasteiger partial charge >= 0.3 is 5.97 Å². The Morgan fingerprint density at radius 2 is 2.18 bits per heavy atom. The Balaban J connectivity index is 2.38. The first kappa shape index (κ1) is 11.9. The van der Waals surface area contributed by atoms with E-state index in [0.717, 1.165) is 18.7 Å². The number of carbonyl (C=O) groups excluding carboxylic acids is 1. The summed E-state index contributed by atoms with van der Waals surface area (Å²) in [5.74, 6) is -0.282. The third-order valence-corrected chi connectivity index (χ3v) is 3.13. The van der Waals surface area contributed by atoms with E-state index in [9.17, 15) is 4.79 Å². The molecule has 4 heteroatoms. The molecule has 0 aromatic heterocycles. The minimum absolute atomic E-state index is 0.282. The summed E-state index contributed by atoms with van der Waals surface area (Å²) in [6.45, 7) is 1.04. The van der Waals surface area contributed by atoms with Crippen molar-refractivity contribution in [3.05, 3.63) is 29.3 Å². The van der Waals surface area contributed by atoms with Crippen molar-refractivity contribution in [3.63, 3.8) is 0 Å². The Kier molecular flexibility index (Phi) is 3.33. The first-order valence-electron chi connectivity index (χ1n) is 5.76. The van der Waals surface area contributed by atoms with Crippen LogP contribution >= 0.6 is 0 Å². The van der Waals surface area contributed by atoms with Crippen molar-refractivity contribution in [2.75, 3.05) is 32.6 Å². The molecule has 1 heterocycles. The van der Waals surface area contributed by atoms with Crippen molar-refractivity contribution in [2.24, 2.45) is 0 Å². The molecule has 1 aliphatic heterocycles. The summed E-state index contributed by atoms with van der Waals surface area (Å²) in [6.07, 6.45) is 1.12. The molecule has 0 bridgehead atoms. The van der Waals surface area contributed by atoms with Crippen LogP contribution < -0.4 is 10.2 Å². The molecule has 0 aliphatic carbocycles. The molecule has 0 radical (unpaired) electrons. The molecule has 1 unspecified atom stereocenters. The van der Waals surface area contributed by atoms with Gasteiger partial charge in [-0.1, -0.05) is 0 Å². The van der Waals surface area contributed by atoms with E-state index in [4.69, 9.17) is 4.74 Å². The van der Waals surface area contributed by atoms with E-state index in [-0.39, 0.29) is 5.97 Å². The van der Waals surface area contributed by atoms with E-state index >= 15 is 0 Å². The van der Waals surface area contributed by atoms with Crippen LogP contribution in [-0.4, -0.2) is 33.7 Å². The molecule has 92 valence electrons. The molecule has 4 nitrogen and oxygen atoms in total. The highest BCUT2D eigenvalue weighted by molar-refractivity contribution is 5.90. The summed E-state index contributed by atoms with van der Waals surface area (Å²) in [5.41, 5.74) is 2.93. The minimum atomic E-state index is -0.282. The maximum absolute atomic E-state index is 11.5. The quantitative estimate of drug-likeness (QED) is 0.806. The van der Waals surface area contributed by atoms with E-state index < -0.39 is 0 Å². The summed E-state index contributed by atoms with van der Waals surface area (Å²) in [6, 6.07) is 6.07. The fourth-order valence-electron chi connectivity index (χ4n) is 2.04. The van der Waals surface area contributed by atoms with Gasteiger partial charge in [-0.2, -0.15) is 0 Å². The Morgan fingerprint density at radius 3 is 2.65 bits per heavy atom. The zero-order chi connectivity index (χ0) is 12.4. The summed E-state index contributed by atoms with van der Waals surface area (Å²) < 4.78 is 4.75. The number of ether oxygens (including phenoxy) is 1. The van der Waals surface area contributed by atoms with E-state index in [1.807, 2.05) is 32.3 Å². The van der Waals surface area contributed by atoms with Gasteiger partial charge in [0.1, 0.15) is 0 Å². The van der Waals surface area contributed by atoms with E-state index in [1.54, 1.807) is 0 Å². The van der Waals surface area contributed by atoms with Gasteiger partial charge < -0.3 is 15.0 Å². The second-order valence-electron chi connectivity index (χ2n) is 4.45. The van der Waals surface area contributed by atoms with Crippen LogP contribution in [0.1, 0.15) is 28.4 Å². The molecule has 1 fully saturated rings. The molecular formula is C13H18N2O2. The molecule has 0 saturated carbocycles. The van der Waals surface area contributed by atoms with Gasteiger partial charge in [0, 0.05) is 25.8 Å². The number of hydrogen-bond donors (Lipinski definition) is 1. The monoisotopic (exact) mass is 234 g/mol. The second kappa shape index (κ2) is 4.75. The Bertz CT molecular complexity index is 425. The molecule has 1 aromatic rings. The van der Waals surface area contributed by atoms with Gasteiger partial charge in [-0.05, 0) is 36.7 Å². The maximum Gasteiger partial charge on any atom is 0.337 e. The van der Waals surface area contributed by atoms with Gasteiger partial charge in [0.25, 0.3) is 0 Å². The summed E-state index contributed by atoms with van der Waals surface area (Å²) >= 11 is 0. The number of esters is 1. The SMILES string of the molecule is COC(=O)c1ccc(N(C)C)c(C2CCN2)c1. The number of benzene rings is 1. The Morgan fingerprint density at radius 1 is 1.47 bits per heavy atom. The van der Waals surface area contributed by atoms with Gasteiger partial charge in [-0.15, -0.1) is 0 Å². The van der Waals surface area contributed by atoms with E-state index in [0.29, 0.717) is 11.6 Å². The van der Waals surface area contributed by atoms with Crippen LogP contribution in [0.2, 0.25) is 0 Å². The molecule has 1 aromatic carbocycles. The molecule has 1 saturated heterocycles. The highest BCUT2D eigenvalue weighted by Crippen LogP contribution is 2.31. The smallest absolute Gasteiger partial charge is 0.337 e. The van der Waals surface area contributed by atoms with E-state index in [2.05, 4.69) is 10.2 Å². The number of rotatable bonds is 3. The van der Waals surface area contributed by atoms with Gasteiger partial charge in [0.2, 0.25) is 0 Å². The zero-order valence-corrected chi connectivity index (χ0v) is 10.5. The lowest BCUT2D eigenvalue weighted by Gasteiger charge is -2.31. The highest BCUT2D eigenvalue weighted by atomic mass is 16.5. The third-order valence-electron chi connectivity index (χ3n) is 3.13. The van der Waals surface area contributed by atoms with Crippen LogP contribution in [-0.2, 0) is 4.74 Å². The van der Waals surface area contributed by atoms with Gasteiger partial charge in [0.05, 0.1) is 12.7 Å². The highest BCUT2D eigenvalue weighted by Gasteiger charge is 2.23. The summed E-state index contributed by atoms with van der Waals surface area (Å²) in [4.78, 5) is 13.6. The molecule has 0 amide bonds. The first-order valence-corrected chi connectivity index (χ1v) is 5.76. The number of nitrogens with zero attached hydrogens (tertiary/aromatic N) is 1. The van der Waals surface area contributed by atoms with Crippen LogP contribution in [0.3, 0.4) is 0 Å². The number of carbonyl (C=O) groups is 1. The molecular weight excluding hydrogens is 216 g/mol. The van der Waals surface area contributed by atoms with Crippen molar-refractivity contribution in [2.45, 2.75) is 12.5 Å². The van der Waals surface area contributed by atoms with Crippen molar-refractivity contribution in [3.8, 4) is 0 Å². The molecule has 1 aliphatic rings. The topological polar surface area (TPSA) is 41.6 Å². The minimum Gasteiger partial charge on any atom is -0.465 e. The summed E-state index contributed by atoms with van der Waals surface area (Å²) in [5, 5.41) is 3.36. The molecule has 1 atom stereocenters. The largest absolute Gasteiger partial charge is 0.465 e. The maximum atomic E-state index is 11.5. The first-order chi connectivity index (χ1) is 8.13. The van der Waals surface area contributed by atoms with Crippen molar-refractivity contribution in [1.82, 2.24) is 5.32 Å². The van der Waals surface area contributed by atoms with Crippen molar-refractivity contribution in [1.29, 1.82) is 0 Å². The lowest BCUT2D eigenvalue weighted by atomic mass is 9.94. The standard InChI is InChI=1S/C13H18N2O2/c1-15(2)12-5-4-9(13(16)17-3)8-10(12)11-6-7-14-11/h4-5,8,11,14H,6-7H2,1-3H3. The summed E-state index contributed by atoms with van der Waals surface area (Å²) in [7, 11) is 5.42. The Labute approximate surface area is 102 Å². The van der Waals surface area contributed by atoms with Crippen LogP contribution in [0.5, 0.6) is 0 Å². The molecule has 2 rings (SSSR count). The lowest BCUT2D eigenvalue weighted by Crippen LogP contribution is -2.36. The van der Waals surface area contributed by atoms with Crippen LogP contribution in [0.15, 0.2) is 18.2 Å². The average Bonchev–Trinajstić information content (AvgIpc) is 2.25. The van der Waals surface area contributed by atoms with Gasteiger partial charge in [-0.25, -0.2) is 4.79 Å². The number of anilines is 1. The average molecular weight is 234 g/mol. The van der Waals surface area contributed by atoms with Crippen molar-refractivity contribution < 1.29 is 9.53 Å². The van der Waals surface area contributed by atoms with Gasteiger partial charge in [0.15, 0.2) is 0 Å². The number of methoxy groups -OCH3 is 1. The third kappa shape index (κ3) is 2.26. The van der Waals surface area contributed by atoms with Crippen LogP contribution in [0.4, 0.5) is 5.69 Å². The fraction of sp³-hybridized carbons (Fsp3) is 0.462. The number of nitrogens with one attached hydrogen (secondary N) is 1. The Hall–Kier alpha value is -1.55. The molecule has 17 heavy (non-hydrogen) atoms. The van der Waals surface area contributed by atoms with Crippen LogP contribution in [0.25, 0.3) is 0 Å². The fourth-order valence-corrected chi connectivity index (χ4v) is 2.04. The zero-order valence-electron chi connectivity index (χ0n) is 10.5. The predicted molar refractivity (Wildman–Crippen MR) is 67.5 cm³/mol. The molecule has 0 spiro atoms. The van der Waals surface area contributed by atoms with Crippen LogP contribution in [0, 0.1) is 0 Å². The second-order valence-corrected chi connectivity index (χ2v) is 4.45.